The van der Waals surface area contributed by atoms with Crippen molar-refractivity contribution in [2.75, 3.05) is 7.11 Å². The number of halogens is 3. The largest absolute Gasteiger partial charge is 0.497 e. The molecule has 0 radical (unpaired) electrons. The Bertz CT molecular complexity index is 289. The van der Waals surface area contributed by atoms with Crippen molar-refractivity contribution in [3.8, 4) is 5.75 Å². The molecule has 0 aliphatic heterocycles. The van der Waals surface area contributed by atoms with E-state index in [2.05, 4.69) is 67.2 Å². The molecule has 0 bridgehead atoms. The Morgan fingerprint density at radius 1 is 1.42 bits per heavy atom. The molecule has 0 spiro atoms. The molecule has 0 aliphatic rings. The van der Waals surface area contributed by atoms with Crippen LogP contribution in [0, 0.1) is 7.14 Å². The van der Waals surface area contributed by atoms with Crippen molar-refractivity contribution in [2.24, 2.45) is 0 Å². The predicted molar refractivity (Wildman–Crippen MR) is 71.1 cm³/mol. The SMILES string of the molecule is COc1cc(I)c(I)c(CBr)c1. The Morgan fingerprint density at radius 2 is 2.08 bits per heavy atom. The van der Waals surface area contributed by atoms with Crippen molar-refractivity contribution in [1.29, 1.82) is 0 Å². The first kappa shape index (κ1) is 11.0. The van der Waals surface area contributed by atoms with E-state index in [1.54, 1.807) is 7.11 Å². The van der Waals surface area contributed by atoms with E-state index < -0.39 is 0 Å². The van der Waals surface area contributed by atoms with Crippen LogP contribution in [-0.4, -0.2) is 7.11 Å². The fraction of sp³-hybridized carbons (Fsp3) is 0.250. The zero-order valence-corrected chi connectivity index (χ0v) is 12.3. The average Bonchev–Trinajstić information content (AvgIpc) is 2.09. The van der Waals surface area contributed by atoms with E-state index in [0.29, 0.717) is 0 Å². The normalized spacial score (nSPS) is 10.0. The molecule has 4 heteroatoms. The third kappa shape index (κ3) is 2.47. The maximum absolute atomic E-state index is 5.16. The van der Waals surface area contributed by atoms with Gasteiger partial charge >= 0.3 is 0 Å². The summed E-state index contributed by atoms with van der Waals surface area (Å²) in [7, 11) is 1.69. The number of benzene rings is 1. The van der Waals surface area contributed by atoms with E-state index in [4.69, 9.17) is 4.74 Å². The lowest BCUT2D eigenvalue weighted by Crippen LogP contribution is -1.91. The van der Waals surface area contributed by atoms with Crippen LogP contribution in [0.1, 0.15) is 5.56 Å². The fourth-order valence-electron chi connectivity index (χ4n) is 0.833. The molecule has 12 heavy (non-hydrogen) atoms. The minimum atomic E-state index is 0.873. The van der Waals surface area contributed by atoms with E-state index in [1.807, 2.05) is 6.07 Å². The monoisotopic (exact) mass is 452 g/mol. The zero-order valence-electron chi connectivity index (χ0n) is 6.40. The van der Waals surface area contributed by atoms with Gasteiger partial charge in [-0.05, 0) is 62.9 Å². The molecule has 1 rings (SSSR count). The van der Waals surface area contributed by atoms with Gasteiger partial charge in [0.25, 0.3) is 0 Å². The quantitative estimate of drug-likeness (QED) is 0.490. The van der Waals surface area contributed by atoms with Gasteiger partial charge in [-0.1, -0.05) is 15.9 Å². The summed E-state index contributed by atoms with van der Waals surface area (Å²) >= 11 is 8.10. The average molecular weight is 453 g/mol. The minimum absolute atomic E-state index is 0.873. The highest BCUT2D eigenvalue weighted by Gasteiger charge is 2.05. The molecular weight excluding hydrogens is 446 g/mol. The lowest BCUT2D eigenvalue weighted by atomic mass is 10.2. The van der Waals surface area contributed by atoms with E-state index in [-0.39, 0.29) is 0 Å². The van der Waals surface area contributed by atoms with Gasteiger partial charge in [-0.2, -0.15) is 0 Å². The lowest BCUT2D eigenvalue weighted by Gasteiger charge is -2.06. The summed E-state index contributed by atoms with van der Waals surface area (Å²) in [5.74, 6) is 0.925. The molecule has 0 aromatic heterocycles. The first-order valence-electron chi connectivity index (χ1n) is 3.27. The molecule has 0 saturated heterocycles. The van der Waals surface area contributed by atoms with E-state index in [9.17, 15) is 0 Å². The molecule has 1 nitrogen and oxygen atoms in total. The van der Waals surface area contributed by atoms with Crippen LogP contribution < -0.4 is 4.74 Å². The van der Waals surface area contributed by atoms with Crippen molar-refractivity contribution in [3.05, 3.63) is 24.8 Å². The molecule has 0 amide bonds. The minimum Gasteiger partial charge on any atom is -0.497 e. The van der Waals surface area contributed by atoms with Crippen molar-refractivity contribution >= 4 is 61.1 Å². The lowest BCUT2D eigenvalue weighted by molar-refractivity contribution is 0.414. The Morgan fingerprint density at radius 3 is 2.58 bits per heavy atom. The van der Waals surface area contributed by atoms with Crippen molar-refractivity contribution in [2.45, 2.75) is 5.33 Å². The van der Waals surface area contributed by atoms with Crippen LogP contribution in [0.25, 0.3) is 0 Å². The van der Waals surface area contributed by atoms with Crippen LogP contribution in [0.2, 0.25) is 0 Å². The molecule has 1 aromatic rings. The fourth-order valence-corrected chi connectivity index (χ4v) is 2.96. The third-order valence-corrected chi connectivity index (χ3v) is 5.22. The molecule has 0 aliphatic carbocycles. The Hall–Kier alpha value is 0.960. The maximum Gasteiger partial charge on any atom is 0.120 e. The van der Waals surface area contributed by atoms with Crippen LogP contribution in [0.3, 0.4) is 0 Å². The molecule has 1 aromatic carbocycles. The highest BCUT2D eigenvalue weighted by atomic mass is 127. The zero-order chi connectivity index (χ0) is 9.14. The van der Waals surface area contributed by atoms with Gasteiger partial charge in [-0.15, -0.1) is 0 Å². The first-order valence-corrected chi connectivity index (χ1v) is 6.54. The summed E-state index contributed by atoms with van der Waals surface area (Å²) in [5.41, 5.74) is 1.28. The summed E-state index contributed by atoms with van der Waals surface area (Å²) in [4.78, 5) is 0. The van der Waals surface area contributed by atoms with Crippen LogP contribution in [0.4, 0.5) is 0 Å². The molecule has 66 valence electrons. The van der Waals surface area contributed by atoms with Gasteiger partial charge in [-0.3, -0.25) is 0 Å². The number of rotatable bonds is 2. The maximum atomic E-state index is 5.16. The smallest absolute Gasteiger partial charge is 0.120 e. The van der Waals surface area contributed by atoms with Crippen molar-refractivity contribution in [3.63, 3.8) is 0 Å². The van der Waals surface area contributed by atoms with E-state index in [1.165, 1.54) is 12.7 Å². The van der Waals surface area contributed by atoms with Gasteiger partial charge in [-0.25, -0.2) is 0 Å². The molecule has 0 N–H and O–H groups in total. The second kappa shape index (κ2) is 4.99. The van der Waals surface area contributed by atoms with E-state index in [0.717, 1.165) is 11.1 Å². The second-order valence-electron chi connectivity index (χ2n) is 2.22. The van der Waals surface area contributed by atoms with Crippen LogP contribution in [-0.2, 0) is 5.33 Å². The summed E-state index contributed by atoms with van der Waals surface area (Å²) in [6, 6.07) is 4.09. The number of hydrogen-bond donors (Lipinski definition) is 0. The summed E-state index contributed by atoms with van der Waals surface area (Å²) in [5, 5.41) is 0.873. The van der Waals surface area contributed by atoms with Crippen molar-refractivity contribution in [1.82, 2.24) is 0 Å². The highest BCUT2D eigenvalue weighted by molar-refractivity contribution is 14.1. The standard InChI is InChI=1S/C8H7BrI2O/c1-12-6-2-5(4-9)8(11)7(10)3-6/h2-3H,4H2,1H3. The molecular formula is C8H7BrI2O. The van der Waals surface area contributed by atoms with Gasteiger partial charge in [0, 0.05) is 12.5 Å². The highest BCUT2D eigenvalue weighted by Crippen LogP contribution is 2.26. The third-order valence-electron chi connectivity index (χ3n) is 1.46. The van der Waals surface area contributed by atoms with Gasteiger partial charge in [0.2, 0.25) is 0 Å². The van der Waals surface area contributed by atoms with Gasteiger partial charge < -0.3 is 4.74 Å². The van der Waals surface area contributed by atoms with E-state index >= 15 is 0 Å². The first-order chi connectivity index (χ1) is 5.69. The van der Waals surface area contributed by atoms with Gasteiger partial charge in [0.15, 0.2) is 0 Å². The topological polar surface area (TPSA) is 9.23 Å². The van der Waals surface area contributed by atoms with Gasteiger partial charge in [0.1, 0.15) is 5.75 Å². The number of methoxy groups -OCH3 is 1. The number of alkyl halides is 1. The summed E-state index contributed by atoms with van der Waals surface area (Å²) < 4.78 is 7.70. The number of ether oxygens (including phenoxy) is 1. The molecule has 0 heterocycles. The van der Waals surface area contributed by atoms with Crippen molar-refractivity contribution < 1.29 is 4.74 Å². The molecule has 0 fully saturated rings. The molecule has 0 saturated carbocycles. The second-order valence-corrected chi connectivity index (χ2v) is 5.02. The van der Waals surface area contributed by atoms with Crippen LogP contribution >= 0.6 is 61.1 Å². The molecule has 0 atom stereocenters. The Balaban J connectivity index is 3.19. The Kier molecular flexibility index (Phi) is 4.59. The van der Waals surface area contributed by atoms with Crippen LogP contribution in [0.5, 0.6) is 5.75 Å². The predicted octanol–water partition coefficient (Wildman–Crippen LogP) is 3.80. The number of hydrogen-bond acceptors (Lipinski definition) is 1. The summed E-state index contributed by atoms with van der Waals surface area (Å²) in [6.45, 7) is 0. The van der Waals surface area contributed by atoms with Crippen LogP contribution in [0.15, 0.2) is 12.1 Å². The molecule has 0 unspecified atom stereocenters. The summed E-state index contributed by atoms with van der Waals surface area (Å²) in [6.07, 6.45) is 0. The Labute approximate surface area is 108 Å². The van der Waals surface area contributed by atoms with Gasteiger partial charge in [0.05, 0.1) is 7.11 Å².